The first-order valence-corrected chi connectivity index (χ1v) is 35.5. The Bertz CT molecular complexity index is 5100. The topological polar surface area (TPSA) is 281 Å². The summed E-state index contributed by atoms with van der Waals surface area (Å²) < 4.78 is 76.2. The SMILES string of the molecule is COc1cc(OC)cc(N(CC2(C)COC2)c2ccc3ncc(-c4cnn(C)c4)nc3c2)c1.COc1cc(OC)cc(N(CCCN2CCOC2=O)c2ccc3ncc(-c4cnn(C)c4)nc3c2)c1.COc1cc(OC)cc(N(CCNS(=O)(=O)C(C)C)c2ccc3ncc(-c4cnn(C)c4)nc3c2)c1. The van der Waals surface area contributed by atoms with E-state index in [9.17, 15) is 13.2 Å². The van der Waals surface area contributed by atoms with Gasteiger partial charge in [0.2, 0.25) is 10.0 Å². The molecule has 0 bridgehead atoms. The van der Waals surface area contributed by atoms with Crippen molar-refractivity contribution in [2.24, 2.45) is 26.6 Å². The van der Waals surface area contributed by atoms with Crippen LogP contribution in [0.5, 0.6) is 34.5 Å². The number of hydrogen-bond acceptors (Lipinski definition) is 23. The Kier molecular flexibility index (Phi) is 22.5. The predicted octanol–water partition coefficient (Wildman–Crippen LogP) is 11.8. The molecule has 29 heteroatoms. The molecule has 8 heterocycles. The van der Waals surface area contributed by atoms with Crippen molar-refractivity contribution in [3.63, 3.8) is 0 Å². The molecule has 6 aromatic carbocycles. The van der Waals surface area contributed by atoms with Crippen LogP contribution in [0.3, 0.4) is 0 Å². The van der Waals surface area contributed by atoms with Gasteiger partial charge >= 0.3 is 6.09 Å². The molecule has 1 N–H and O–H groups in total. The van der Waals surface area contributed by atoms with Crippen molar-refractivity contribution < 1.29 is 51.1 Å². The minimum atomic E-state index is -3.41. The fraction of sp³-hybridized carbons (Fsp3) is 0.316. The van der Waals surface area contributed by atoms with Crippen molar-refractivity contribution in [1.29, 1.82) is 0 Å². The van der Waals surface area contributed by atoms with Crippen LogP contribution in [0.4, 0.5) is 38.9 Å². The number of carbonyl (C=O) groups is 1. The predicted molar refractivity (Wildman–Crippen MR) is 403 cm³/mol. The minimum absolute atomic E-state index is 0.0501. The lowest BCUT2D eigenvalue weighted by atomic mass is 9.87. The van der Waals surface area contributed by atoms with Crippen molar-refractivity contribution >= 4 is 83.3 Å². The Labute approximate surface area is 609 Å². The lowest BCUT2D eigenvalue weighted by Crippen LogP contribution is -2.47. The van der Waals surface area contributed by atoms with Crippen LogP contribution >= 0.6 is 0 Å². The van der Waals surface area contributed by atoms with Gasteiger partial charge in [0.1, 0.15) is 41.1 Å². The highest BCUT2D eigenvalue weighted by Crippen LogP contribution is 2.40. The van der Waals surface area contributed by atoms with Gasteiger partial charge in [0, 0.05) is 183 Å². The number of cyclic esters (lactones) is 1. The van der Waals surface area contributed by atoms with Gasteiger partial charge < -0.3 is 57.5 Å². The first-order valence-electron chi connectivity index (χ1n) is 34.0. The molecule has 0 atom stereocenters. The van der Waals surface area contributed by atoms with Crippen molar-refractivity contribution in [2.75, 3.05) is 116 Å². The van der Waals surface area contributed by atoms with Crippen LogP contribution in [-0.2, 0) is 40.6 Å². The van der Waals surface area contributed by atoms with Crippen LogP contribution in [0, 0.1) is 5.41 Å². The second-order valence-corrected chi connectivity index (χ2v) is 28.2. The molecule has 0 spiro atoms. The van der Waals surface area contributed by atoms with Crippen LogP contribution in [0.15, 0.2) is 165 Å². The molecule has 546 valence electrons. The quantitative estimate of drug-likeness (QED) is 0.0527. The summed E-state index contributed by atoms with van der Waals surface area (Å²) in [5.74, 6) is 4.11. The van der Waals surface area contributed by atoms with Gasteiger partial charge in [-0.1, -0.05) is 6.92 Å². The zero-order valence-corrected chi connectivity index (χ0v) is 61.6. The van der Waals surface area contributed by atoms with E-state index in [0.29, 0.717) is 67.0 Å². The number of amides is 1. The molecule has 28 nitrogen and oxygen atoms in total. The molecule has 1 amide bonds. The molecule has 2 fully saturated rings. The fourth-order valence-corrected chi connectivity index (χ4v) is 12.7. The van der Waals surface area contributed by atoms with Crippen LogP contribution in [0.1, 0.15) is 27.2 Å². The molecule has 0 aliphatic carbocycles. The smallest absolute Gasteiger partial charge is 0.409 e. The molecule has 0 unspecified atom stereocenters. The molecule has 105 heavy (non-hydrogen) atoms. The summed E-state index contributed by atoms with van der Waals surface area (Å²) in [5.41, 5.74) is 15.2. The highest BCUT2D eigenvalue weighted by atomic mass is 32.2. The zero-order valence-electron chi connectivity index (χ0n) is 60.8. The molecule has 14 rings (SSSR count). The van der Waals surface area contributed by atoms with E-state index in [0.717, 1.165) is 127 Å². The van der Waals surface area contributed by atoms with Crippen molar-refractivity contribution in [1.82, 2.24) is 68.9 Å². The number of rotatable bonds is 26. The van der Waals surface area contributed by atoms with Gasteiger partial charge in [-0.05, 0) is 74.9 Å². The maximum absolute atomic E-state index is 12.3. The third-order valence-electron chi connectivity index (χ3n) is 17.8. The third-order valence-corrected chi connectivity index (χ3v) is 19.7. The van der Waals surface area contributed by atoms with E-state index >= 15 is 0 Å². The van der Waals surface area contributed by atoms with Crippen molar-refractivity contribution in [3.8, 4) is 68.3 Å². The number of hydrogen-bond donors (Lipinski definition) is 1. The Balaban J connectivity index is 0.000000148. The summed E-state index contributed by atoms with van der Waals surface area (Å²) in [6.45, 7) is 10.7. The van der Waals surface area contributed by atoms with Crippen LogP contribution < -0.4 is 47.8 Å². The monoisotopic (exact) mass is 1440 g/mol. The highest BCUT2D eigenvalue weighted by molar-refractivity contribution is 7.90. The Morgan fingerprint density at radius 3 is 1.19 bits per heavy atom. The number of fused-ring (bicyclic) bond motifs is 3. The Morgan fingerprint density at radius 2 is 0.867 bits per heavy atom. The average Bonchev–Trinajstić information content (AvgIpc) is 1.38. The van der Waals surface area contributed by atoms with Gasteiger partial charge in [0.25, 0.3) is 0 Å². The second-order valence-electron chi connectivity index (χ2n) is 25.8. The molecule has 2 aliphatic heterocycles. The lowest BCUT2D eigenvalue weighted by molar-refractivity contribution is -0.0946. The number of ether oxygens (including phenoxy) is 8. The van der Waals surface area contributed by atoms with Gasteiger partial charge in [-0.2, -0.15) is 15.3 Å². The summed E-state index contributed by atoms with van der Waals surface area (Å²) in [5, 5.41) is 12.2. The second kappa shape index (κ2) is 32.3. The molecule has 2 saturated heterocycles. The number of anilines is 6. The standard InChI is InChI=1S/C26H28N6O4.C25H30N6O4S.C25H27N5O3/c1-30-17-18(15-28-30)25-16-27-23-6-5-19(13-24(23)29-25)32(8-4-7-31-9-10-36-26(31)33)20-11-21(34-2)14-22(12-20)35-3;1-17(2)36(32,33)28-8-9-31(20-10-21(34-4)13-22(11-20)35-5)19-6-7-23-24(12-19)29-25(15-26-23)18-14-27-30(3)16-18;1-25(15-33-16-25)14-30(19-7-20(31-3)10-21(8-19)32-4)18-5-6-22-23(9-18)28-24(12-26-22)17-11-27-29(2)13-17/h5-6,11-17H,4,7-10H2,1-3H3;6-7,10-17,28H,8-9H2,1-5H3;5-13H,14-16H2,1-4H3. The number of sulfonamides is 1. The van der Waals surface area contributed by atoms with E-state index in [1.807, 2.05) is 136 Å². The summed E-state index contributed by atoms with van der Waals surface area (Å²) in [4.78, 5) is 48.4. The molecular formula is C76H85N17O11S. The number of nitrogens with one attached hydrogen (secondary N) is 1. The van der Waals surface area contributed by atoms with Crippen LogP contribution in [0.25, 0.3) is 66.9 Å². The van der Waals surface area contributed by atoms with E-state index in [1.165, 1.54) is 0 Å². The zero-order chi connectivity index (χ0) is 73.9. The van der Waals surface area contributed by atoms with E-state index in [-0.39, 0.29) is 18.1 Å². The van der Waals surface area contributed by atoms with Gasteiger partial charge in [-0.15, -0.1) is 0 Å². The summed E-state index contributed by atoms with van der Waals surface area (Å²) in [6.07, 6.45) is 16.8. The minimum Gasteiger partial charge on any atom is -0.497 e. The maximum Gasteiger partial charge on any atom is 0.409 e. The Morgan fingerprint density at radius 1 is 0.495 bits per heavy atom. The van der Waals surface area contributed by atoms with E-state index in [2.05, 4.69) is 63.8 Å². The number of aromatic nitrogens is 12. The molecule has 6 aromatic heterocycles. The molecular weight excluding hydrogens is 1360 g/mol. The lowest BCUT2D eigenvalue weighted by Gasteiger charge is -2.42. The maximum atomic E-state index is 12.3. The largest absolute Gasteiger partial charge is 0.497 e. The number of carbonyl (C=O) groups excluding carboxylic acids is 1. The number of methoxy groups -OCH3 is 6. The number of aryl methyl sites for hydroxylation is 3. The van der Waals surface area contributed by atoms with E-state index < -0.39 is 15.3 Å². The van der Waals surface area contributed by atoms with Gasteiger partial charge in [-0.3, -0.25) is 29.0 Å². The van der Waals surface area contributed by atoms with Crippen molar-refractivity contribution in [3.05, 3.63) is 165 Å². The average molecular weight is 1440 g/mol. The van der Waals surface area contributed by atoms with Crippen LogP contribution in [-0.4, -0.2) is 186 Å². The molecule has 2 aliphatic rings. The normalized spacial score (nSPS) is 13.2. The first-order chi connectivity index (χ1) is 50.7. The molecule has 12 aromatic rings. The molecule has 0 radical (unpaired) electrons. The first kappa shape index (κ1) is 73.1. The number of nitrogens with zero attached hydrogens (tertiary/aromatic N) is 16. The summed E-state index contributed by atoms with van der Waals surface area (Å²) in [6, 6.07) is 35.2. The van der Waals surface area contributed by atoms with Gasteiger partial charge in [0.05, 0.1) is 155 Å². The summed E-state index contributed by atoms with van der Waals surface area (Å²) >= 11 is 0. The molecule has 0 saturated carbocycles. The summed E-state index contributed by atoms with van der Waals surface area (Å²) in [7, 11) is 12.0. The van der Waals surface area contributed by atoms with Gasteiger partial charge in [-0.25, -0.2) is 32.9 Å². The van der Waals surface area contributed by atoms with Crippen molar-refractivity contribution in [2.45, 2.75) is 32.4 Å². The Hall–Kier alpha value is -11.7. The van der Waals surface area contributed by atoms with E-state index in [4.69, 9.17) is 52.8 Å². The highest BCUT2D eigenvalue weighted by Gasteiger charge is 2.36. The third kappa shape index (κ3) is 17.5. The van der Waals surface area contributed by atoms with E-state index in [1.54, 1.807) is 119 Å². The number of benzene rings is 6. The van der Waals surface area contributed by atoms with Gasteiger partial charge in [0.15, 0.2) is 0 Å². The van der Waals surface area contributed by atoms with Crippen LogP contribution in [0.2, 0.25) is 0 Å². The fourth-order valence-electron chi connectivity index (χ4n) is 12.0.